The number of nitrogens with one attached hydrogen (secondary N) is 1. The van der Waals surface area contributed by atoms with Crippen LogP contribution in [-0.2, 0) is 16.1 Å². The minimum Gasteiger partial charge on any atom is -0.465 e. The Hall–Kier alpha value is -2.75. The van der Waals surface area contributed by atoms with Crippen molar-refractivity contribution in [2.75, 3.05) is 12.4 Å². The molecule has 25 heavy (non-hydrogen) atoms. The monoisotopic (exact) mass is 366 g/mol. The minimum atomic E-state index is -0.520. The highest BCUT2D eigenvalue weighted by Crippen LogP contribution is 2.28. The van der Waals surface area contributed by atoms with Crippen LogP contribution < -0.4 is 5.32 Å². The van der Waals surface area contributed by atoms with Crippen LogP contribution in [0.3, 0.4) is 0 Å². The number of carbonyl (C=O) groups excluding carboxylic acids is 2. The van der Waals surface area contributed by atoms with E-state index in [1.54, 1.807) is 19.9 Å². The second-order valence-corrected chi connectivity index (χ2v) is 6.65. The Morgan fingerprint density at radius 3 is 2.64 bits per heavy atom. The van der Waals surface area contributed by atoms with Gasteiger partial charge < -0.3 is 10.1 Å². The van der Waals surface area contributed by atoms with Crippen LogP contribution in [0, 0.1) is 30.9 Å². The van der Waals surface area contributed by atoms with Crippen molar-refractivity contribution in [1.82, 2.24) is 9.78 Å². The summed E-state index contributed by atoms with van der Waals surface area (Å²) in [6.45, 7) is 5.17. The summed E-state index contributed by atoms with van der Waals surface area (Å²) in [6.07, 6.45) is 0.0661. The van der Waals surface area contributed by atoms with Gasteiger partial charge in [0.05, 0.1) is 24.1 Å². The molecule has 0 aliphatic rings. The predicted octanol–water partition coefficient (Wildman–Crippen LogP) is 2.59. The molecule has 0 spiro atoms. The first-order valence-electron chi connectivity index (χ1n) is 7.41. The number of aromatic nitrogens is 2. The molecule has 0 unspecified atom stereocenters. The van der Waals surface area contributed by atoms with E-state index in [0.29, 0.717) is 22.0 Å². The van der Waals surface area contributed by atoms with Crippen LogP contribution in [-0.4, -0.2) is 33.7 Å². The van der Waals surface area contributed by atoms with Crippen LogP contribution in [0.15, 0.2) is 6.07 Å². The van der Waals surface area contributed by atoms with E-state index in [9.17, 15) is 19.7 Å². The molecular formula is C15H18N4O5S. The third-order valence-corrected chi connectivity index (χ3v) is 4.56. The van der Waals surface area contributed by atoms with Crippen molar-refractivity contribution in [2.24, 2.45) is 0 Å². The van der Waals surface area contributed by atoms with E-state index >= 15 is 0 Å². The van der Waals surface area contributed by atoms with Gasteiger partial charge in [0, 0.05) is 11.3 Å². The molecule has 2 aromatic rings. The highest BCUT2D eigenvalue weighted by molar-refractivity contribution is 7.16. The van der Waals surface area contributed by atoms with Gasteiger partial charge in [-0.15, -0.1) is 11.3 Å². The molecule has 0 atom stereocenters. The molecule has 134 valence electrons. The SMILES string of the molecule is COC(=O)c1cc(C)sc1NC(=O)CCn1nc(C)c([N+](=O)[O-])c1C. The standard InChI is InChI=1S/C15H18N4O5S/c1-8-7-11(15(21)24-4)14(25-8)16-12(20)5-6-18-10(3)13(19(22)23)9(2)17-18/h7H,5-6H2,1-4H3,(H,16,20). The summed E-state index contributed by atoms with van der Waals surface area (Å²) in [7, 11) is 1.27. The number of anilines is 1. The highest BCUT2D eigenvalue weighted by Gasteiger charge is 2.22. The molecule has 1 amide bonds. The molecule has 0 aromatic carbocycles. The summed E-state index contributed by atoms with van der Waals surface area (Å²) in [4.78, 5) is 35.3. The Morgan fingerprint density at radius 1 is 1.40 bits per heavy atom. The van der Waals surface area contributed by atoms with Crippen LogP contribution in [0.25, 0.3) is 0 Å². The first kappa shape index (κ1) is 18.6. The Labute approximate surface area is 147 Å². The quantitative estimate of drug-likeness (QED) is 0.477. The zero-order valence-electron chi connectivity index (χ0n) is 14.3. The normalized spacial score (nSPS) is 10.6. The summed E-state index contributed by atoms with van der Waals surface area (Å²) < 4.78 is 6.13. The zero-order valence-corrected chi connectivity index (χ0v) is 15.1. The first-order valence-corrected chi connectivity index (χ1v) is 8.23. The number of hydrogen-bond donors (Lipinski definition) is 1. The van der Waals surface area contributed by atoms with Gasteiger partial charge in [-0.05, 0) is 26.8 Å². The lowest BCUT2D eigenvalue weighted by Gasteiger charge is -2.06. The van der Waals surface area contributed by atoms with Crippen molar-refractivity contribution in [3.8, 4) is 0 Å². The molecule has 2 rings (SSSR count). The summed E-state index contributed by atoms with van der Waals surface area (Å²) in [5.74, 6) is -0.837. The average Bonchev–Trinajstić information content (AvgIpc) is 3.03. The van der Waals surface area contributed by atoms with E-state index in [0.717, 1.165) is 4.88 Å². The average molecular weight is 366 g/mol. The number of aryl methyl sites for hydroxylation is 3. The highest BCUT2D eigenvalue weighted by atomic mass is 32.1. The number of rotatable bonds is 6. The van der Waals surface area contributed by atoms with Crippen LogP contribution >= 0.6 is 11.3 Å². The smallest absolute Gasteiger partial charge is 0.340 e. The van der Waals surface area contributed by atoms with Gasteiger partial charge in [-0.2, -0.15) is 5.10 Å². The fourth-order valence-electron chi connectivity index (χ4n) is 2.43. The number of hydrogen-bond acceptors (Lipinski definition) is 7. The lowest BCUT2D eigenvalue weighted by molar-refractivity contribution is -0.386. The Morgan fingerprint density at radius 2 is 2.08 bits per heavy atom. The Balaban J connectivity index is 2.06. The lowest BCUT2D eigenvalue weighted by Crippen LogP contribution is -2.16. The van der Waals surface area contributed by atoms with E-state index < -0.39 is 10.9 Å². The van der Waals surface area contributed by atoms with Gasteiger partial charge in [0.15, 0.2) is 0 Å². The summed E-state index contributed by atoms with van der Waals surface area (Å²) in [6, 6.07) is 1.65. The van der Waals surface area contributed by atoms with Crippen LogP contribution in [0.2, 0.25) is 0 Å². The van der Waals surface area contributed by atoms with Crippen molar-refractivity contribution in [3.05, 3.63) is 38.0 Å². The van der Waals surface area contributed by atoms with Crippen LogP contribution in [0.4, 0.5) is 10.7 Å². The molecule has 2 heterocycles. The third-order valence-electron chi connectivity index (χ3n) is 3.59. The maximum absolute atomic E-state index is 12.2. The number of nitrogens with zero attached hydrogens (tertiary/aromatic N) is 3. The van der Waals surface area contributed by atoms with Crippen molar-refractivity contribution in [3.63, 3.8) is 0 Å². The van der Waals surface area contributed by atoms with Gasteiger partial charge in [-0.1, -0.05) is 0 Å². The molecule has 0 aliphatic heterocycles. The van der Waals surface area contributed by atoms with E-state index in [2.05, 4.69) is 10.4 Å². The molecule has 1 N–H and O–H groups in total. The number of methoxy groups -OCH3 is 1. The molecule has 0 saturated carbocycles. The van der Waals surface area contributed by atoms with E-state index in [1.165, 1.54) is 23.1 Å². The number of carbonyl (C=O) groups is 2. The number of esters is 1. The van der Waals surface area contributed by atoms with Gasteiger partial charge in [0.25, 0.3) is 0 Å². The molecule has 0 fully saturated rings. The fraction of sp³-hybridized carbons (Fsp3) is 0.400. The maximum atomic E-state index is 12.2. The van der Waals surface area contributed by atoms with Crippen molar-refractivity contribution in [1.29, 1.82) is 0 Å². The molecule has 0 aliphatic carbocycles. The van der Waals surface area contributed by atoms with Gasteiger partial charge >= 0.3 is 11.7 Å². The second kappa shape index (κ2) is 7.43. The third kappa shape index (κ3) is 4.02. The molecule has 2 aromatic heterocycles. The molecule has 10 heteroatoms. The molecule has 0 bridgehead atoms. The number of amides is 1. The summed E-state index contributed by atoms with van der Waals surface area (Å²) in [5, 5.41) is 18.2. The fourth-order valence-corrected chi connectivity index (χ4v) is 3.35. The first-order chi connectivity index (χ1) is 11.7. The van der Waals surface area contributed by atoms with Crippen LogP contribution in [0.1, 0.15) is 33.0 Å². The molecule has 0 saturated heterocycles. The Kier molecular flexibility index (Phi) is 5.52. The second-order valence-electron chi connectivity index (χ2n) is 5.39. The number of thiophene rings is 1. The molecular weight excluding hydrogens is 348 g/mol. The van der Waals surface area contributed by atoms with Crippen LogP contribution in [0.5, 0.6) is 0 Å². The van der Waals surface area contributed by atoms with Gasteiger partial charge in [0.1, 0.15) is 16.4 Å². The largest absolute Gasteiger partial charge is 0.465 e. The molecule has 0 radical (unpaired) electrons. The summed E-state index contributed by atoms with van der Waals surface area (Å²) >= 11 is 1.28. The lowest BCUT2D eigenvalue weighted by atomic mass is 10.3. The van der Waals surface area contributed by atoms with Gasteiger partial charge in [-0.25, -0.2) is 4.79 Å². The number of nitro groups is 1. The van der Waals surface area contributed by atoms with Crippen molar-refractivity contribution in [2.45, 2.75) is 33.7 Å². The number of ether oxygens (including phenoxy) is 1. The Bertz CT molecular complexity index is 839. The summed E-state index contributed by atoms with van der Waals surface area (Å²) in [5.41, 5.74) is 0.977. The van der Waals surface area contributed by atoms with Gasteiger partial charge in [0.2, 0.25) is 5.91 Å². The minimum absolute atomic E-state index is 0.0396. The topological polar surface area (TPSA) is 116 Å². The van der Waals surface area contributed by atoms with E-state index in [1.807, 2.05) is 6.92 Å². The zero-order chi connectivity index (χ0) is 18.7. The van der Waals surface area contributed by atoms with Crippen molar-refractivity contribution >= 4 is 33.9 Å². The van der Waals surface area contributed by atoms with E-state index in [4.69, 9.17) is 4.74 Å². The molecule has 9 nitrogen and oxygen atoms in total. The van der Waals surface area contributed by atoms with E-state index in [-0.39, 0.29) is 24.6 Å². The maximum Gasteiger partial charge on any atom is 0.340 e. The van der Waals surface area contributed by atoms with Crippen molar-refractivity contribution < 1.29 is 19.2 Å². The predicted molar refractivity (Wildman–Crippen MR) is 92.0 cm³/mol. The van der Waals surface area contributed by atoms with Gasteiger partial charge in [-0.3, -0.25) is 19.6 Å².